The van der Waals surface area contributed by atoms with E-state index in [2.05, 4.69) is 10.1 Å². The van der Waals surface area contributed by atoms with E-state index in [-0.39, 0.29) is 5.56 Å². The van der Waals surface area contributed by atoms with Crippen LogP contribution in [0.3, 0.4) is 0 Å². The first kappa shape index (κ1) is 14.6. The van der Waals surface area contributed by atoms with Crippen molar-refractivity contribution in [1.29, 1.82) is 0 Å². The highest BCUT2D eigenvalue weighted by molar-refractivity contribution is 5.68. The first-order valence-corrected chi connectivity index (χ1v) is 6.26. The minimum atomic E-state index is -4.63. The van der Waals surface area contributed by atoms with Crippen molar-refractivity contribution < 1.29 is 22.7 Å². The molecule has 2 rings (SSSR count). The molecule has 110 valence electrons. The van der Waals surface area contributed by atoms with Gasteiger partial charge in [0.2, 0.25) is 6.10 Å². The van der Waals surface area contributed by atoms with Gasteiger partial charge in [0.15, 0.2) is 0 Å². The van der Waals surface area contributed by atoms with E-state index in [1.165, 1.54) is 29.2 Å². The van der Waals surface area contributed by atoms with Gasteiger partial charge in [0, 0.05) is 31.7 Å². The Morgan fingerprint density at radius 1 is 1.20 bits per heavy atom. The van der Waals surface area contributed by atoms with Crippen LogP contribution in [-0.4, -0.2) is 43.3 Å². The Hall–Kier alpha value is -1.76. The normalized spacial score (nSPS) is 17.6. The van der Waals surface area contributed by atoms with Crippen molar-refractivity contribution in [3.63, 3.8) is 0 Å². The first-order chi connectivity index (χ1) is 9.48. The molecule has 1 amide bonds. The molecule has 1 aliphatic rings. The van der Waals surface area contributed by atoms with Crippen LogP contribution in [0.4, 0.5) is 18.0 Å². The van der Waals surface area contributed by atoms with E-state index in [4.69, 9.17) is 0 Å². The van der Waals surface area contributed by atoms with Gasteiger partial charge in [0.05, 0.1) is 0 Å². The summed E-state index contributed by atoms with van der Waals surface area (Å²) in [6, 6.07) is 7.15. The third-order valence-corrected chi connectivity index (χ3v) is 2.99. The van der Waals surface area contributed by atoms with Crippen molar-refractivity contribution >= 4 is 6.09 Å². The molecule has 1 heterocycles. The maximum atomic E-state index is 13.0. The van der Waals surface area contributed by atoms with E-state index in [9.17, 15) is 18.0 Å². The molecule has 0 aliphatic carbocycles. The lowest BCUT2D eigenvalue weighted by atomic mass is 10.1. The van der Waals surface area contributed by atoms with E-state index in [1.54, 1.807) is 6.07 Å². The second-order valence-electron chi connectivity index (χ2n) is 4.45. The van der Waals surface area contributed by atoms with Crippen molar-refractivity contribution in [2.24, 2.45) is 0 Å². The zero-order valence-corrected chi connectivity index (χ0v) is 10.7. The van der Waals surface area contributed by atoms with E-state index in [0.29, 0.717) is 26.2 Å². The Morgan fingerprint density at radius 3 is 2.35 bits per heavy atom. The number of carbonyl (C=O) groups excluding carboxylic acids is 1. The summed E-state index contributed by atoms with van der Waals surface area (Å²) in [6.07, 6.45) is -7.80. The summed E-state index contributed by atoms with van der Waals surface area (Å²) < 4.78 is 43.8. The van der Waals surface area contributed by atoms with Crippen LogP contribution in [0.15, 0.2) is 30.3 Å². The number of nitrogens with one attached hydrogen (secondary N) is 1. The Morgan fingerprint density at radius 2 is 1.80 bits per heavy atom. The summed E-state index contributed by atoms with van der Waals surface area (Å²) in [5.41, 5.74) is -0.0801. The second-order valence-corrected chi connectivity index (χ2v) is 4.45. The van der Waals surface area contributed by atoms with Crippen LogP contribution in [0.25, 0.3) is 0 Å². The fraction of sp³-hybridized carbons (Fsp3) is 0.462. The molecule has 1 unspecified atom stereocenters. The van der Waals surface area contributed by atoms with Gasteiger partial charge in [-0.25, -0.2) is 4.79 Å². The van der Waals surface area contributed by atoms with Gasteiger partial charge in [-0.1, -0.05) is 30.3 Å². The topological polar surface area (TPSA) is 41.6 Å². The number of nitrogens with zero attached hydrogens (tertiary/aromatic N) is 1. The minimum absolute atomic E-state index is 0.0801. The molecule has 0 radical (unpaired) electrons. The molecule has 0 saturated carbocycles. The zero-order chi connectivity index (χ0) is 14.6. The average molecular weight is 288 g/mol. The molecule has 0 aromatic heterocycles. The molecule has 4 nitrogen and oxygen atoms in total. The summed E-state index contributed by atoms with van der Waals surface area (Å²) in [5.74, 6) is 0. The largest absolute Gasteiger partial charge is 0.431 e. The molecule has 7 heteroatoms. The fourth-order valence-corrected chi connectivity index (χ4v) is 1.97. The van der Waals surface area contributed by atoms with Crippen molar-refractivity contribution in [2.75, 3.05) is 26.2 Å². The van der Waals surface area contributed by atoms with Gasteiger partial charge >= 0.3 is 12.3 Å². The maximum Gasteiger partial charge on any atom is 0.429 e. The van der Waals surface area contributed by atoms with Crippen LogP contribution in [0.5, 0.6) is 0 Å². The number of hydrogen-bond donors (Lipinski definition) is 1. The smallest absolute Gasteiger partial charge is 0.429 e. The Kier molecular flexibility index (Phi) is 4.49. The molecular formula is C13H15F3N2O2. The van der Waals surface area contributed by atoms with Crippen LogP contribution in [0.1, 0.15) is 11.7 Å². The van der Waals surface area contributed by atoms with Gasteiger partial charge in [-0.3, -0.25) is 0 Å². The Balaban J connectivity index is 2.10. The molecule has 1 saturated heterocycles. The molecule has 0 spiro atoms. The number of amides is 1. The zero-order valence-electron chi connectivity index (χ0n) is 10.7. The summed E-state index contributed by atoms with van der Waals surface area (Å²) in [5, 5.41) is 3.01. The van der Waals surface area contributed by atoms with Gasteiger partial charge in [-0.05, 0) is 0 Å². The number of alkyl halides is 3. The predicted octanol–water partition coefficient (Wildman–Crippen LogP) is 2.33. The minimum Gasteiger partial charge on any atom is -0.431 e. The molecule has 1 aromatic rings. The highest BCUT2D eigenvalue weighted by atomic mass is 19.4. The lowest BCUT2D eigenvalue weighted by molar-refractivity contribution is -0.208. The van der Waals surface area contributed by atoms with E-state index in [1.807, 2.05) is 0 Å². The quantitative estimate of drug-likeness (QED) is 0.908. The standard InChI is InChI=1S/C13H15F3N2O2/c14-13(15,16)11(10-4-2-1-3-5-10)20-12(19)18-8-6-17-7-9-18/h1-5,11,17H,6-9H2. The summed E-state index contributed by atoms with van der Waals surface area (Å²) in [6.45, 7) is 1.80. The van der Waals surface area contributed by atoms with Crippen LogP contribution in [-0.2, 0) is 4.74 Å². The molecular weight excluding hydrogens is 273 g/mol. The number of piperazine rings is 1. The summed E-state index contributed by atoms with van der Waals surface area (Å²) >= 11 is 0. The lowest BCUT2D eigenvalue weighted by Crippen LogP contribution is -2.47. The van der Waals surface area contributed by atoms with Gasteiger partial charge < -0.3 is 15.0 Å². The number of ether oxygens (including phenoxy) is 1. The summed E-state index contributed by atoms with van der Waals surface area (Å²) in [4.78, 5) is 13.1. The number of benzene rings is 1. The molecule has 0 bridgehead atoms. The molecule has 1 aliphatic heterocycles. The van der Waals surface area contributed by atoms with Gasteiger partial charge in [-0.15, -0.1) is 0 Å². The number of halogens is 3. The number of hydrogen-bond acceptors (Lipinski definition) is 3. The molecule has 1 atom stereocenters. The Labute approximate surface area is 114 Å². The van der Waals surface area contributed by atoms with Gasteiger partial charge in [0.1, 0.15) is 0 Å². The third kappa shape index (κ3) is 3.63. The maximum absolute atomic E-state index is 13.0. The SMILES string of the molecule is O=C(OC(c1ccccc1)C(F)(F)F)N1CCNCC1. The predicted molar refractivity (Wildman–Crippen MR) is 66.2 cm³/mol. The first-order valence-electron chi connectivity index (χ1n) is 6.26. The van der Waals surface area contributed by atoms with Crippen LogP contribution >= 0.6 is 0 Å². The van der Waals surface area contributed by atoms with Crippen molar-refractivity contribution in [3.05, 3.63) is 35.9 Å². The van der Waals surface area contributed by atoms with E-state index >= 15 is 0 Å². The van der Waals surface area contributed by atoms with Gasteiger partial charge in [0.25, 0.3) is 0 Å². The van der Waals surface area contributed by atoms with Crippen molar-refractivity contribution in [2.45, 2.75) is 12.3 Å². The molecule has 1 fully saturated rings. The summed E-state index contributed by atoms with van der Waals surface area (Å²) in [7, 11) is 0. The van der Waals surface area contributed by atoms with Crippen molar-refractivity contribution in [3.8, 4) is 0 Å². The number of carbonyl (C=O) groups is 1. The van der Waals surface area contributed by atoms with E-state index < -0.39 is 18.4 Å². The highest BCUT2D eigenvalue weighted by Gasteiger charge is 2.44. The Bertz CT molecular complexity index is 445. The molecule has 1 N–H and O–H groups in total. The van der Waals surface area contributed by atoms with Crippen LogP contribution < -0.4 is 5.32 Å². The molecule has 1 aromatic carbocycles. The monoisotopic (exact) mass is 288 g/mol. The third-order valence-electron chi connectivity index (χ3n) is 2.99. The van der Waals surface area contributed by atoms with E-state index in [0.717, 1.165) is 0 Å². The second kappa shape index (κ2) is 6.13. The lowest BCUT2D eigenvalue weighted by Gasteiger charge is -2.29. The van der Waals surface area contributed by atoms with Crippen LogP contribution in [0, 0.1) is 0 Å². The fourth-order valence-electron chi connectivity index (χ4n) is 1.97. The molecule has 20 heavy (non-hydrogen) atoms. The number of rotatable bonds is 2. The highest BCUT2D eigenvalue weighted by Crippen LogP contribution is 2.36. The van der Waals surface area contributed by atoms with Crippen molar-refractivity contribution in [1.82, 2.24) is 10.2 Å². The average Bonchev–Trinajstić information content (AvgIpc) is 2.45. The van der Waals surface area contributed by atoms with Gasteiger partial charge in [-0.2, -0.15) is 13.2 Å². The van der Waals surface area contributed by atoms with Crippen LogP contribution in [0.2, 0.25) is 0 Å².